The van der Waals surface area contributed by atoms with E-state index in [2.05, 4.69) is 31.9 Å². The fraction of sp³-hybridized carbons (Fsp3) is 0. The summed E-state index contributed by atoms with van der Waals surface area (Å²) in [6.07, 6.45) is 0. The molecule has 0 unspecified atom stereocenters. The monoisotopic (exact) mass is 377 g/mol. The summed E-state index contributed by atoms with van der Waals surface area (Å²) in [5, 5.41) is 0. The highest BCUT2D eigenvalue weighted by Crippen LogP contribution is 2.33. The maximum atomic E-state index is 13.6. The van der Waals surface area contributed by atoms with Crippen LogP contribution in [0.3, 0.4) is 0 Å². The topological polar surface area (TPSA) is 35.2 Å². The fourth-order valence-electron chi connectivity index (χ4n) is 1.31. The predicted octanol–water partition coefficient (Wildman–Crippen LogP) is 4.86. The Labute approximate surface area is 119 Å². The lowest BCUT2D eigenvalue weighted by Crippen LogP contribution is -1.95. The highest BCUT2D eigenvalue weighted by Gasteiger charge is 2.11. The largest absolute Gasteiger partial charge is 0.452 e. The molecule has 0 aliphatic rings. The van der Waals surface area contributed by atoms with Gasteiger partial charge in [0.25, 0.3) is 0 Å². The first-order valence-electron chi connectivity index (χ1n) is 4.85. The summed E-state index contributed by atoms with van der Waals surface area (Å²) < 4.78 is 32.8. The molecule has 18 heavy (non-hydrogen) atoms. The maximum absolute atomic E-state index is 13.6. The van der Waals surface area contributed by atoms with Crippen LogP contribution in [0.25, 0.3) is 0 Å². The fourth-order valence-corrected chi connectivity index (χ4v) is 1.96. The van der Waals surface area contributed by atoms with Gasteiger partial charge in [-0.25, -0.2) is 8.78 Å². The van der Waals surface area contributed by atoms with Gasteiger partial charge in [0.1, 0.15) is 5.82 Å². The van der Waals surface area contributed by atoms with Gasteiger partial charge >= 0.3 is 0 Å². The Kier molecular flexibility index (Phi) is 3.87. The zero-order chi connectivity index (χ0) is 13.3. The zero-order valence-corrected chi connectivity index (χ0v) is 12.1. The minimum absolute atomic E-state index is 0.0170. The van der Waals surface area contributed by atoms with E-state index >= 15 is 0 Å². The molecule has 0 fully saturated rings. The SMILES string of the molecule is Nc1cc(F)c(Br)cc1Oc1ccc(Br)cc1F. The van der Waals surface area contributed by atoms with E-state index in [1.807, 2.05) is 0 Å². The van der Waals surface area contributed by atoms with Crippen molar-refractivity contribution in [3.63, 3.8) is 0 Å². The molecule has 0 aromatic heterocycles. The lowest BCUT2D eigenvalue weighted by atomic mass is 10.3. The van der Waals surface area contributed by atoms with E-state index in [-0.39, 0.29) is 21.7 Å². The van der Waals surface area contributed by atoms with Crippen LogP contribution in [0.5, 0.6) is 11.5 Å². The number of hydrogen-bond donors (Lipinski definition) is 1. The molecule has 0 aliphatic heterocycles. The number of nitrogens with two attached hydrogens (primary N) is 1. The van der Waals surface area contributed by atoms with Crippen LogP contribution in [0.1, 0.15) is 0 Å². The van der Waals surface area contributed by atoms with Crippen LogP contribution in [0, 0.1) is 11.6 Å². The van der Waals surface area contributed by atoms with Gasteiger partial charge in [-0.05, 0) is 34.1 Å². The Bertz CT molecular complexity index is 605. The average Bonchev–Trinajstić information content (AvgIpc) is 2.29. The Morgan fingerprint density at radius 1 is 0.944 bits per heavy atom. The summed E-state index contributed by atoms with van der Waals surface area (Å²) in [6.45, 7) is 0. The Morgan fingerprint density at radius 2 is 1.67 bits per heavy atom. The van der Waals surface area contributed by atoms with Crippen molar-refractivity contribution in [2.75, 3.05) is 5.73 Å². The summed E-state index contributed by atoms with van der Waals surface area (Å²) in [5.74, 6) is -0.840. The lowest BCUT2D eigenvalue weighted by Gasteiger charge is -2.10. The normalized spacial score (nSPS) is 10.4. The van der Waals surface area contributed by atoms with Crippen molar-refractivity contribution < 1.29 is 13.5 Å². The van der Waals surface area contributed by atoms with Crippen LogP contribution in [-0.2, 0) is 0 Å². The van der Waals surface area contributed by atoms with Gasteiger partial charge in [0.15, 0.2) is 17.3 Å². The number of hydrogen-bond acceptors (Lipinski definition) is 2. The van der Waals surface area contributed by atoms with Crippen molar-refractivity contribution >= 4 is 37.5 Å². The molecule has 2 N–H and O–H groups in total. The van der Waals surface area contributed by atoms with Gasteiger partial charge < -0.3 is 10.5 Å². The van der Waals surface area contributed by atoms with E-state index in [0.29, 0.717) is 4.47 Å². The van der Waals surface area contributed by atoms with Gasteiger partial charge in [-0.1, -0.05) is 15.9 Å². The average molecular weight is 379 g/mol. The molecule has 0 bridgehead atoms. The van der Waals surface area contributed by atoms with Crippen molar-refractivity contribution in [1.82, 2.24) is 0 Å². The summed E-state index contributed by atoms with van der Waals surface area (Å²) in [4.78, 5) is 0. The van der Waals surface area contributed by atoms with Gasteiger partial charge in [0.2, 0.25) is 0 Å². The quantitative estimate of drug-likeness (QED) is 0.757. The zero-order valence-electron chi connectivity index (χ0n) is 8.88. The first-order valence-corrected chi connectivity index (χ1v) is 6.43. The van der Waals surface area contributed by atoms with Crippen LogP contribution in [-0.4, -0.2) is 0 Å². The Balaban J connectivity index is 2.37. The summed E-state index contributed by atoms with van der Waals surface area (Å²) >= 11 is 6.15. The second-order valence-electron chi connectivity index (χ2n) is 3.48. The van der Waals surface area contributed by atoms with Crippen LogP contribution in [0.2, 0.25) is 0 Å². The molecular weight excluding hydrogens is 372 g/mol. The van der Waals surface area contributed by atoms with Crippen LogP contribution >= 0.6 is 31.9 Å². The van der Waals surface area contributed by atoms with Crippen molar-refractivity contribution in [1.29, 1.82) is 0 Å². The van der Waals surface area contributed by atoms with Crippen molar-refractivity contribution in [3.8, 4) is 11.5 Å². The van der Waals surface area contributed by atoms with E-state index in [0.717, 1.165) is 6.07 Å². The molecule has 2 rings (SSSR count). The van der Waals surface area contributed by atoms with Gasteiger partial charge in [-0.2, -0.15) is 0 Å². The molecule has 2 aromatic carbocycles. The van der Waals surface area contributed by atoms with Gasteiger partial charge in [0.05, 0.1) is 10.2 Å². The molecule has 0 saturated carbocycles. The van der Waals surface area contributed by atoms with Gasteiger partial charge in [0, 0.05) is 16.6 Å². The van der Waals surface area contributed by atoms with Gasteiger partial charge in [-0.15, -0.1) is 0 Å². The molecule has 0 saturated heterocycles. The highest BCUT2D eigenvalue weighted by molar-refractivity contribution is 9.10. The molecule has 0 radical (unpaired) electrons. The minimum atomic E-state index is -0.538. The molecule has 2 nitrogen and oxygen atoms in total. The highest BCUT2D eigenvalue weighted by atomic mass is 79.9. The number of rotatable bonds is 2. The lowest BCUT2D eigenvalue weighted by molar-refractivity contribution is 0.442. The molecule has 0 heterocycles. The third kappa shape index (κ3) is 2.81. The molecule has 0 spiro atoms. The van der Waals surface area contributed by atoms with Crippen LogP contribution < -0.4 is 10.5 Å². The van der Waals surface area contributed by atoms with Crippen molar-refractivity contribution in [3.05, 3.63) is 50.9 Å². The third-order valence-electron chi connectivity index (χ3n) is 2.17. The van der Waals surface area contributed by atoms with E-state index < -0.39 is 11.6 Å². The summed E-state index contributed by atoms with van der Waals surface area (Å²) in [5.41, 5.74) is 5.70. The molecule has 0 atom stereocenters. The number of anilines is 1. The molecule has 0 amide bonds. The predicted molar refractivity (Wildman–Crippen MR) is 72.7 cm³/mol. The van der Waals surface area contributed by atoms with E-state index in [4.69, 9.17) is 10.5 Å². The van der Waals surface area contributed by atoms with Crippen LogP contribution in [0.4, 0.5) is 14.5 Å². The summed E-state index contributed by atoms with van der Waals surface area (Å²) in [7, 11) is 0. The Hall–Kier alpha value is -1.14. The number of ether oxygens (including phenoxy) is 1. The van der Waals surface area contributed by atoms with Crippen molar-refractivity contribution in [2.24, 2.45) is 0 Å². The minimum Gasteiger partial charge on any atom is -0.452 e. The maximum Gasteiger partial charge on any atom is 0.166 e. The van der Waals surface area contributed by atoms with E-state index in [9.17, 15) is 8.78 Å². The first-order chi connectivity index (χ1) is 8.47. The Morgan fingerprint density at radius 3 is 2.33 bits per heavy atom. The van der Waals surface area contributed by atoms with Crippen molar-refractivity contribution in [2.45, 2.75) is 0 Å². The van der Waals surface area contributed by atoms with Gasteiger partial charge in [-0.3, -0.25) is 0 Å². The molecule has 94 valence electrons. The second kappa shape index (κ2) is 5.24. The first kappa shape index (κ1) is 13.3. The van der Waals surface area contributed by atoms with E-state index in [1.165, 1.54) is 18.2 Å². The number of benzene rings is 2. The molecule has 6 heteroatoms. The van der Waals surface area contributed by atoms with E-state index in [1.54, 1.807) is 6.07 Å². The molecule has 0 aliphatic carbocycles. The molecular formula is C12H7Br2F2NO. The second-order valence-corrected chi connectivity index (χ2v) is 5.25. The summed E-state index contributed by atoms with van der Waals surface area (Å²) in [6, 6.07) is 6.82. The third-order valence-corrected chi connectivity index (χ3v) is 3.27. The number of halogens is 4. The smallest absolute Gasteiger partial charge is 0.166 e. The number of nitrogen functional groups attached to an aromatic ring is 1. The molecule has 2 aromatic rings. The van der Waals surface area contributed by atoms with Crippen LogP contribution in [0.15, 0.2) is 39.3 Å². The standard InChI is InChI=1S/C12H7Br2F2NO/c13-6-1-2-11(9(16)3-6)18-12-4-7(14)8(15)5-10(12)17/h1-5H,17H2.